The quantitative estimate of drug-likeness (QED) is 0.760. The number of rotatable bonds is 4. The van der Waals surface area contributed by atoms with E-state index in [9.17, 15) is 0 Å². The van der Waals surface area contributed by atoms with Gasteiger partial charge in [-0.3, -0.25) is 0 Å². The smallest absolute Gasteiger partial charge is 0.0947 e. The molecular formula is C11H18N2O. The summed E-state index contributed by atoms with van der Waals surface area (Å²) < 4.78 is 5.01. The van der Waals surface area contributed by atoms with Crippen molar-refractivity contribution >= 4 is 0 Å². The SMILES string of the molecule is c1cc(CNCC2CCNCC2)co1. The molecule has 0 bridgehead atoms. The average Bonchev–Trinajstić information content (AvgIpc) is 2.72. The maximum absolute atomic E-state index is 5.01. The number of hydrogen-bond donors (Lipinski definition) is 2. The third-order valence-electron chi connectivity index (χ3n) is 2.80. The number of hydrogen-bond acceptors (Lipinski definition) is 3. The van der Waals surface area contributed by atoms with Gasteiger partial charge in [-0.1, -0.05) is 0 Å². The summed E-state index contributed by atoms with van der Waals surface area (Å²) in [5.41, 5.74) is 1.24. The second-order valence-corrected chi connectivity index (χ2v) is 3.96. The average molecular weight is 194 g/mol. The molecule has 0 amide bonds. The standard InChI is InChI=1S/C11H18N2O/c1-4-12-5-2-10(1)7-13-8-11-3-6-14-9-11/h3,6,9-10,12-13H,1-2,4-5,7-8H2. The molecule has 14 heavy (non-hydrogen) atoms. The summed E-state index contributed by atoms with van der Waals surface area (Å²) in [7, 11) is 0. The largest absolute Gasteiger partial charge is 0.472 e. The molecule has 0 aliphatic carbocycles. The van der Waals surface area contributed by atoms with E-state index >= 15 is 0 Å². The summed E-state index contributed by atoms with van der Waals surface area (Å²) in [6.07, 6.45) is 6.13. The molecule has 2 heterocycles. The molecule has 0 saturated carbocycles. The Kier molecular flexibility index (Phi) is 3.60. The second kappa shape index (κ2) is 5.17. The molecule has 0 unspecified atom stereocenters. The van der Waals surface area contributed by atoms with Crippen LogP contribution in [0.2, 0.25) is 0 Å². The summed E-state index contributed by atoms with van der Waals surface area (Å²) in [5.74, 6) is 0.850. The Labute approximate surface area is 84.9 Å². The molecule has 1 aliphatic heterocycles. The second-order valence-electron chi connectivity index (χ2n) is 3.96. The highest BCUT2D eigenvalue weighted by atomic mass is 16.3. The van der Waals surface area contributed by atoms with Gasteiger partial charge in [-0.25, -0.2) is 0 Å². The fourth-order valence-electron chi connectivity index (χ4n) is 1.90. The van der Waals surface area contributed by atoms with Crippen molar-refractivity contribution in [3.8, 4) is 0 Å². The summed E-state index contributed by atoms with van der Waals surface area (Å²) in [5, 5.41) is 6.85. The minimum atomic E-state index is 0.850. The maximum atomic E-state index is 5.01. The van der Waals surface area contributed by atoms with Crippen LogP contribution in [0.5, 0.6) is 0 Å². The van der Waals surface area contributed by atoms with Crippen LogP contribution in [0.15, 0.2) is 23.0 Å². The minimum absolute atomic E-state index is 0.850. The zero-order chi connectivity index (χ0) is 9.64. The van der Waals surface area contributed by atoms with Crippen molar-refractivity contribution in [1.29, 1.82) is 0 Å². The molecule has 0 atom stereocenters. The molecule has 1 fully saturated rings. The molecule has 1 aromatic heterocycles. The zero-order valence-corrected chi connectivity index (χ0v) is 8.46. The monoisotopic (exact) mass is 194 g/mol. The highest BCUT2D eigenvalue weighted by Gasteiger charge is 2.11. The van der Waals surface area contributed by atoms with Crippen LogP contribution in [0.25, 0.3) is 0 Å². The van der Waals surface area contributed by atoms with Gasteiger partial charge in [-0.05, 0) is 44.5 Å². The molecule has 2 N–H and O–H groups in total. The van der Waals surface area contributed by atoms with Crippen molar-refractivity contribution in [2.75, 3.05) is 19.6 Å². The lowest BCUT2D eigenvalue weighted by Crippen LogP contribution is -2.33. The first-order valence-corrected chi connectivity index (χ1v) is 5.37. The molecule has 0 spiro atoms. The Hall–Kier alpha value is -0.800. The first-order chi connectivity index (χ1) is 6.95. The van der Waals surface area contributed by atoms with Crippen molar-refractivity contribution in [3.05, 3.63) is 24.2 Å². The Morgan fingerprint density at radius 2 is 2.29 bits per heavy atom. The van der Waals surface area contributed by atoms with Gasteiger partial charge in [-0.15, -0.1) is 0 Å². The predicted octanol–water partition coefficient (Wildman–Crippen LogP) is 1.37. The van der Waals surface area contributed by atoms with Crippen LogP contribution in [0, 0.1) is 5.92 Å². The van der Waals surface area contributed by atoms with Gasteiger partial charge in [0.25, 0.3) is 0 Å². The van der Waals surface area contributed by atoms with E-state index in [1.165, 1.54) is 31.5 Å². The van der Waals surface area contributed by atoms with Gasteiger partial charge in [0.1, 0.15) is 0 Å². The highest BCUT2D eigenvalue weighted by molar-refractivity contribution is 5.04. The first kappa shape index (κ1) is 9.74. The van der Waals surface area contributed by atoms with E-state index in [-0.39, 0.29) is 0 Å². The van der Waals surface area contributed by atoms with Crippen LogP contribution in [-0.4, -0.2) is 19.6 Å². The van der Waals surface area contributed by atoms with Gasteiger partial charge in [0.15, 0.2) is 0 Å². The lowest BCUT2D eigenvalue weighted by molar-refractivity contribution is 0.356. The molecule has 3 heteroatoms. The van der Waals surface area contributed by atoms with E-state index in [2.05, 4.69) is 10.6 Å². The van der Waals surface area contributed by atoms with Gasteiger partial charge in [0, 0.05) is 12.1 Å². The molecule has 0 aromatic carbocycles. The maximum Gasteiger partial charge on any atom is 0.0947 e. The Morgan fingerprint density at radius 3 is 3.00 bits per heavy atom. The number of furan rings is 1. The van der Waals surface area contributed by atoms with Crippen LogP contribution in [0.1, 0.15) is 18.4 Å². The van der Waals surface area contributed by atoms with Gasteiger partial charge in [-0.2, -0.15) is 0 Å². The Balaban J connectivity index is 1.62. The van der Waals surface area contributed by atoms with E-state index in [0.717, 1.165) is 19.0 Å². The fraction of sp³-hybridized carbons (Fsp3) is 0.636. The molecule has 78 valence electrons. The predicted molar refractivity (Wildman–Crippen MR) is 56.0 cm³/mol. The Morgan fingerprint density at radius 1 is 1.43 bits per heavy atom. The van der Waals surface area contributed by atoms with Crippen molar-refractivity contribution < 1.29 is 4.42 Å². The zero-order valence-electron chi connectivity index (χ0n) is 8.46. The van der Waals surface area contributed by atoms with Crippen LogP contribution in [0.3, 0.4) is 0 Å². The van der Waals surface area contributed by atoms with Crippen molar-refractivity contribution in [3.63, 3.8) is 0 Å². The topological polar surface area (TPSA) is 37.2 Å². The molecule has 0 radical (unpaired) electrons. The highest BCUT2D eigenvalue weighted by Crippen LogP contribution is 2.10. The molecule has 2 rings (SSSR count). The van der Waals surface area contributed by atoms with E-state index in [4.69, 9.17) is 4.42 Å². The lowest BCUT2D eigenvalue weighted by atomic mass is 9.98. The lowest BCUT2D eigenvalue weighted by Gasteiger charge is -2.22. The van der Waals surface area contributed by atoms with E-state index in [1.807, 2.05) is 6.07 Å². The summed E-state index contributed by atoms with van der Waals surface area (Å²) in [4.78, 5) is 0. The van der Waals surface area contributed by atoms with Crippen molar-refractivity contribution in [1.82, 2.24) is 10.6 Å². The molecule has 1 aromatic rings. The number of piperidine rings is 1. The third-order valence-corrected chi connectivity index (χ3v) is 2.80. The normalized spacial score (nSPS) is 18.6. The molecular weight excluding hydrogens is 176 g/mol. The molecule has 1 saturated heterocycles. The van der Waals surface area contributed by atoms with Crippen LogP contribution >= 0.6 is 0 Å². The van der Waals surface area contributed by atoms with Gasteiger partial charge in [0.2, 0.25) is 0 Å². The van der Waals surface area contributed by atoms with Crippen molar-refractivity contribution in [2.24, 2.45) is 5.92 Å². The Bertz CT molecular complexity index is 240. The van der Waals surface area contributed by atoms with Crippen LogP contribution in [-0.2, 0) is 6.54 Å². The van der Waals surface area contributed by atoms with Crippen molar-refractivity contribution in [2.45, 2.75) is 19.4 Å². The molecule has 1 aliphatic rings. The summed E-state index contributed by atoms with van der Waals surface area (Å²) in [6, 6.07) is 2.01. The van der Waals surface area contributed by atoms with E-state index in [0.29, 0.717) is 0 Å². The van der Waals surface area contributed by atoms with E-state index < -0.39 is 0 Å². The number of nitrogens with one attached hydrogen (secondary N) is 2. The third kappa shape index (κ3) is 2.86. The fourth-order valence-corrected chi connectivity index (χ4v) is 1.90. The summed E-state index contributed by atoms with van der Waals surface area (Å²) >= 11 is 0. The van der Waals surface area contributed by atoms with E-state index in [1.54, 1.807) is 12.5 Å². The van der Waals surface area contributed by atoms with Gasteiger partial charge in [0.05, 0.1) is 12.5 Å². The van der Waals surface area contributed by atoms with Crippen LogP contribution in [0.4, 0.5) is 0 Å². The van der Waals surface area contributed by atoms with Gasteiger partial charge < -0.3 is 15.1 Å². The van der Waals surface area contributed by atoms with Gasteiger partial charge >= 0.3 is 0 Å². The first-order valence-electron chi connectivity index (χ1n) is 5.37. The molecule has 3 nitrogen and oxygen atoms in total. The minimum Gasteiger partial charge on any atom is -0.472 e. The van der Waals surface area contributed by atoms with Crippen LogP contribution < -0.4 is 10.6 Å². The summed E-state index contributed by atoms with van der Waals surface area (Å²) in [6.45, 7) is 4.42.